The second-order valence-electron chi connectivity index (χ2n) is 9.77. The van der Waals surface area contributed by atoms with E-state index in [2.05, 4.69) is 20.3 Å². The molecule has 1 aliphatic heterocycles. The zero-order valence-corrected chi connectivity index (χ0v) is 21.7. The Bertz CT molecular complexity index is 1630. The Morgan fingerprint density at radius 2 is 1.26 bits per heavy atom. The van der Waals surface area contributed by atoms with Gasteiger partial charge in [0.25, 0.3) is 0 Å². The Labute approximate surface area is 224 Å². The van der Waals surface area contributed by atoms with E-state index in [-0.39, 0.29) is 30.5 Å². The van der Waals surface area contributed by atoms with Crippen LogP contribution in [0.15, 0.2) is 81.8 Å². The summed E-state index contributed by atoms with van der Waals surface area (Å²) in [4.78, 5) is 37.3. The van der Waals surface area contributed by atoms with Crippen LogP contribution in [-0.2, 0) is 27.8 Å². The maximum atomic E-state index is 14.1. The summed E-state index contributed by atoms with van der Waals surface area (Å²) in [6, 6.07) is 22.7. The number of fused-ring (bicyclic) bond motifs is 1. The standard InChI is InChI=1S/C30H25N5O4/c1-18-10-4-6-12-21(18)27-31-25(38-33-27)16-30(23-14-8-9-15-24(23)35(20(3)36)29(30)37)17-26-32-28(34-39-26)22-13-7-5-11-19(22)2/h4-15H,16-17H2,1-3H3. The van der Waals surface area contributed by atoms with E-state index in [1.54, 1.807) is 12.1 Å². The van der Waals surface area contributed by atoms with Crippen LogP contribution in [-0.4, -0.2) is 32.1 Å². The van der Waals surface area contributed by atoms with Crippen molar-refractivity contribution < 1.29 is 18.6 Å². The number of rotatable bonds is 6. The lowest BCUT2D eigenvalue weighted by atomic mass is 9.75. The predicted octanol–water partition coefficient (Wildman–Crippen LogP) is 5.02. The van der Waals surface area contributed by atoms with Gasteiger partial charge in [0.05, 0.1) is 11.1 Å². The highest BCUT2D eigenvalue weighted by molar-refractivity contribution is 6.22. The van der Waals surface area contributed by atoms with Crippen molar-refractivity contribution in [2.75, 3.05) is 4.90 Å². The van der Waals surface area contributed by atoms with Gasteiger partial charge in [-0.25, -0.2) is 4.90 Å². The number of para-hydroxylation sites is 1. The summed E-state index contributed by atoms with van der Waals surface area (Å²) < 4.78 is 11.3. The van der Waals surface area contributed by atoms with Crippen molar-refractivity contribution in [2.45, 2.75) is 39.0 Å². The molecule has 2 amide bonds. The van der Waals surface area contributed by atoms with Crippen molar-refractivity contribution in [1.29, 1.82) is 0 Å². The number of amides is 2. The summed E-state index contributed by atoms with van der Waals surface area (Å²) in [5.41, 5.74) is 3.59. The van der Waals surface area contributed by atoms with Crippen molar-refractivity contribution in [1.82, 2.24) is 20.3 Å². The molecule has 6 rings (SSSR count). The van der Waals surface area contributed by atoms with Gasteiger partial charge in [0.2, 0.25) is 35.2 Å². The van der Waals surface area contributed by atoms with E-state index >= 15 is 0 Å². The zero-order valence-electron chi connectivity index (χ0n) is 21.7. The third-order valence-electron chi connectivity index (χ3n) is 7.20. The van der Waals surface area contributed by atoms with Crippen molar-refractivity contribution in [3.05, 3.63) is 101 Å². The smallest absolute Gasteiger partial charge is 0.245 e. The van der Waals surface area contributed by atoms with Crippen LogP contribution in [0.2, 0.25) is 0 Å². The van der Waals surface area contributed by atoms with E-state index in [1.807, 2.05) is 74.5 Å². The van der Waals surface area contributed by atoms with E-state index in [4.69, 9.17) is 9.05 Å². The molecule has 0 atom stereocenters. The highest BCUT2D eigenvalue weighted by atomic mass is 16.5. The molecular formula is C30H25N5O4. The van der Waals surface area contributed by atoms with Crippen LogP contribution < -0.4 is 4.90 Å². The molecule has 0 saturated carbocycles. The summed E-state index contributed by atoms with van der Waals surface area (Å²) in [7, 11) is 0. The number of imide groups is 1. The van der Waals surface area contributed by atoms with Crippen LogP contribution in [0.5, 0.6) is 0 Å². The zero-order chi connectivity index (χ0) is 27.1. The number of carbonyl (C=O) groups is 2. The van der Waals surface area contributed by atoms with Crippen LogP contribution in [0, 0.1) is 13.8 Å². The van der Waals surface area contributed by atoms with E-state index in [0.717, 1.165) is 22.3 Å². The van der Waals surface area contributed by atoms with Crippen LogP contribution in [0.4, 0.5) is 5.69 Å². The van der Waals surface area contributed by atoms with Gasteiger partial charge < -0.3 is 9.05 Å². The van der Waals surface area contributed by atoms with Crippen molar-refractivity contribution in [3.63, 3.8) is 0 Å². The molecular weight excluding hydrogens is 494 g/mol. The Balaban J connectivity index is 1.44. The first-order valence-corrected chi connectivity index (χ1v) is 12.6. The van der Waals surface area contributed by atoms with Crippen LogP contribution >= 0.6 is 0 Å². The summed E-state index contributed by atoms with van der Waals surface area (Å²) in [5.74, 6) is 0.607. The lowest BCUT2D eigenvalue weighted by Crippen LogP contribution is -2.45. The second-order valence-corrected chi connectivity index (χ2v) is 9.77. The molecule has 0 saturated heterocycles. The Morgan fingerprint density at radius 1 is 0.769 bits per heavy atom. The molecule has 0 spiro atoms. The minimum Gasteiger partial charge on any atom is -0.339 e. The molecule has 9 heteroatoms. The van der Waals surface area contributed by atoms with Crippen molar-refractivity contribution >= 4 is 17.5 Å². The normalized spacial score (nSPS) is 14.0. The third-order valence-corrected chi connectivity index (χ3v) is 7.20. The monoisotopic (exact) mass is 519 g/mol. The molecule has 0 N–H and O–H groups in total. The number of aryl methyl sites for hydroxylation is 2. The first-order chi connectivity index (χ1) is 18.9. The van der Waals surface area contributed by atoms with E-state index in [1.165, 1.54) is 11.8 Å². The predicted molar refractivity (Wildman–Crippen MR) is 143 cm³/mol. The first kappa shape index (κ1) is 24.4. The van der Waals surface area contributed by atoms with Gasteiger partial charge in [0.15, 0.2) is 0 Å². The second kappa shape index (κ2) is 9.43. The molecule has 0 radical (unpaired) electrons. The summed E-state index contributed by atoms with van der Waals surface area (Å²) in [6.07, 6.45) is 0.0984. The summed E-state index contributed by atoms with van der Waals surface area (Å²) in [5, 5.41) is 8.37. The Morgan fingerprint density at radius 3 is 1.77 bits per heavy atom. The van der Waals surface area contributed by atoms with E-state index in [9.17, 15) is 9.59 Å². The number of anilines is 1. The molecule has 9 nitrogen and oxygen atoms in total. The van der Waals surface area contributed by atoms with E-state index < -0.39 is 11.3 Å². The molecule has 39 heavy (non-hydrogen) atoms. The van der Waals surface area contributed by atoms with Gasteiger partial charge in [-0.05, 0) is 36.6 Å². The van der Waals surface area contributed by atoms with Crippen molar-refractivity contribution in [2.24, 2.45) is 0 Å². The van der Waals surface area contributed by atoms with Gasteiger partial charge in [-0.3, -0.25) is 9.59 Å². The SMILES string of the molecule is CC(=O)N1C(=O)C(Cc2nc(-c3ccccc3C)no2)(Cc2nc(-c3ccccc3C)no2)c2ccccc21. The van der Waals surface area contributed by atoms with Gasteiger partial charge in [0, 0.05) is 30.9 Å². The van der Waals surface area contributed by atoms with Crippen LogP contribution in [0.1, 0.15) is 35.4 Å². The lowest BCUT2D eigenvalue weighted by Gasteiger charge is -2.25. The van der Waals surface area contributed by atoms with Crippen LogP contribution in [0.25, 0.3) is 22.8 Å². The summed E-state index contributed by atoms with van der Waals surface area (Å²) in [6.45, 7) is 5.31. The quantitative estimate of drug-likeness (QED) is 0.307. The van der Waals surface area contributed by atoms with Gasteiger partial charge in [-0.15, -0.1) is 0 Å². The largest absolute Gasteiger partial charge is 0.339 e. The van der Waals surface area contributed by atoms with E-state index in [0.29, 0.717) is 22.9 Å². The molecule has 0 aliphatic carbocycles. The number of nitrogens with zero attached hydrogens (tertiary/aromatic N) is 5. The molecule has 3 aromatic carbocycles. The molecule has 1 aliphatic rings. The topological polar surface area (TPSA) is 115 Å². The minimum absolute atomic E-state index is 0.0492. The molecule has 0 unspecified atom stereocenters. The van der Waals surface area contributed by atoms with Gasteiger partial charge in [-0.2, -0.15) is 9.97 Å². The van der Waals surface area contributed by atoms with Gasteiger partial charge in [0.1, 0.15) is 0 Å². The fourth-order valence-corrected chi connectivity index (χ4v) is 5.26. The number of benzene rings is 3. The van der Waals surface area contributed by atoms with Gasteiger partial charge in [-0.1, -0.05) is 77.0 Å². The third kappa shape index (κ3) is 4.12. The highest BCUT2D eigenvalue weighted by Gasteiger charge is 2.54. The number of aromatic nitrogens is 4. The molecule has 0 fully saturated rings. The number of hydrogen-bond acceptors (Lipinski definition) is 8. The Hall–Kier alpha value is -4.92. The fraction of sp³-hybridized carbons (Fsp3) is 0.200. The molecule has 5 aromatic rings. The average Bonchev–Trinajstić information content (AvgIpc) is 3.63. The average molecular weight is 520 g/mol. The maximum Gasteiger partial charge on any atom is 0.245 e. The molecule has 0 bridgehead atoms. The molecule has 3 heterocycles. The molecule has 2 aromatic heterocycles. The Kier molecular flexibility index (Phi) is 5.91. The first-order valence-electron chi connectivity index (χ1n) is 12.6. The molecule has 194 valence electrons. The maximum absolute atomic E-state index is 14.1. The number of carbonyl (C=O) groups excluding carboxylic acids is 2. The van der Waals surface area contributed by atoms with Crippen molar-refractivity contribution in [3.8, 4) is 22.8 Å². The lowest BCUT2D eigenvalue weighted by molar-refractivity contribution is -0.128. The highest BCUT2D eigenvalue weighted by Crippen LogP contribution is 2.46. The van der Waals surface area contributed by atoms with Gasteiger partial charge >= 0.3 is 0 Å². The fourth-order valence-electron chi connectivity index (χ4n) is 5.26. The summed E-state index contributed by atoms with van der Waals surface area (Å²) >= 11 is 0. The minimum atomic E-state index is -1.27. The number of hydrogen-bond donors (Lipinski definition) is 0. The van der Waals surface area contributed by atoms with Crippen LogP contribution in [0.3, 0.4) is 0 Å².